The van der Waals surface area contributed by atoms with Crippen LogP contribution >= 0.6 is 0 Å². The molecule has 0 bridgehead atoms. The lowest BCUT2D eigenvalue weighted by atomic mass is 10.0. The highest BCUT2D eigenvalue weighted by atomic mass is 16.6. The summed E-state index contributed by atoms with van der Waals surface area (Å²) < 4.78 is 14.4. The molecule has 12 heteroatoms. The van der Waals surface area contributed by atoms with Gasteiger partial charge in [-0.1, -0.05) is 112 Å². The van der Waals surface area contributed by atoms with Gasteiger partial charge >= 0.3 is 18.2 Å². The highest BCUT2D eigenvalue weighted by Gasteiger charge is 2.39. The Balaban J connectivity index is 0.000000780. The second kappa shape index (κ2) is 28.4. The van der Waals surface area contributed by atoms with Crippen molar-refractivity contribution in [1.29, 1.82) is 0 Å². The molecular weight excluding hydrogens is 654 g/mol. The van der Waals surface area contributed by atoms with Gasteiger partial charge in [0.2, 0.25) is 11.8 Å². The molecule has 2 unspecified atom stereocenters. The highest BCUT2D eigenvalue weighted by molar-refractivity contribution is 5.93. The number of hydrogen-bond donors (Lipinski definition) is 3. The number of rotatable bonds is 21. The lowest BCUT2D eigenvalue weighted by Crippen LogP contribution is -2.41. The van der Waals surface area contributed by atoms with Crippen molar-refractivity contribution < 1.29 is 43.3 Å². The van der Waals surface area contributed by atoms with E-state index in [-0.39, 0.29) is 55.7 Å². The molecule has 0 saturated carbocycles. The van der Waals surface area contributed by atoms with Crippen LogP contribution in [-0.4, -0.2) is 84.0 Å². The summed E-state index contributed by atoms with van der Waals surface area (Å²) in [6.45, 7) is 15.2. The summed E-state index contributed by atoms with van der Waals surface area (Å²) in [5.41, 5.74) is 0. The van der Waals surface area contributed by atoms with E-state index in [9.17, 15) is 29.1 Å². The molecule has 12 nitrogen and oxygen atoms in total. The first kappa shape index (κ1) is 47.8. The number of alkyl carbamates (subject to hydrolysis) is 1. The number of carbonyl (C=O) groups excluding carboxylic acids is 5. The van der Waals surface area contributed by atoms with Crippen LogP contribution in [0.5, 0.6) is 0 Å². The van der Waals surface area contributed by atoms with Crippen molar-refractivity contribution in [3.05, 3.63) is 12.7 Å². The van der Waals surface area contributed by atoms with Crippen molar-refractivity contribution >= 4 is 30.0 Å². The molecule has 4 amide bonds. The number of aliphatic hydroxyl groups is 1. The average molecular weight is 726 g/mol. The van der Waals surface area contributed by atoms with Crippen molar-refractivity contribution in [2.45, 2.75) is 175 Å². The minimum atomic E-state index is -0.613. The lowest BCUT2D eigenvalue weighted by Gasteiger charge is -2.22. The molecule has 3 N–H and O–H groups in total. The molecule has 0 aromatic heterocycles. The first-order valence-electron chi connectivity index (χ1n) is 19.1. The summed E-state index contributed by atoms with van der Waals surface area (Å²) in [4.78, 5) is 58.4. The fourth-order valence-corrected chi connectivity index (χ4v) is 5.72. The Kier molecular flexibility index (Phi) is 26.7. The summed E-state index contributed by atoms with van der Waals surface area (Å²) in [6.07, 6.45) is 17.1. The van der Waals surface area contributed by atoms with Gasteiger partial charge in [-0.2, -0.15) is 0 Å². The van der Waals surface area contributed by atoms with Crippen LogP contribution in [0.3, 0.4) is 0 Å². The number of amides is 4. The molecule has 3 fully saturated rings. The molecule has 51 heavy (non-hydrogen) atoms. The van der Waals surface area contributed by atoms with Crippen LogP contribution in [0, 0.1) is 11.8 Å². The molecule has 3 saturated heterocycles. The number of aliphatic hydroxyl groups excluding tert-OH is 1. The molecule has 0 spiro atoms. The number of esters is 1. The Morgan fingerprint density at radius 2 is 1.53 bits per heavy atom. The fraction of sp³-hybridized carbons (Fsp3) is 0.821. The van der Waals surface area contributed by atoms with Crippen LogP contribution in [0.1, 0.15) is 151 Å². The van der Waals surface area contributed by atoms with Gasteiger partial charge in [0.25, 0.3) is 0 Å². The van der Waals surface area contributed by atoms with E-state index in [2.05, 4.69) is 42.7 Å². The molecule has 0 aliphatic carbocycles. The maximum absolute atomic E-state index is 12.1. The third-order valence-corrected chi connectivity index (χ3v) is 9.08. The molecule has 3 aliphatic heterocycles. The van der Waals surface area contributed by atoms with Crippen LogP contribution < -0.4 is 10.6 Å². The largest absolute Gasteiger partial charge is 0.464 e. The number of ether oxygens (including phenoxy) is 3. The first-order chi connectivity index (χ1) is 23.9. The number of cyclic esters (lactones) is 3. The number of carbonyl (C=O) groups is 5. The zero-order valence-electron chi connectivity index (χ0n) is 31.6. The number of unbranched alkanes of at least 4 members (excludes halogenated alkanes) is 11. The van der Waals surface area contributed by atoms with Crippen LogP contribution in [-0.2, 0) is 28.6 Å². The van der Waals surface area contributed by atoms with Gasteiger partial charge in [-0.05, 0) is 37.5 Å². The molecule has 3 heterocycles. The maximum Gasteiger partial charge on any atom is 0.416 e. The zero-order chi connectivity index (χ0) is 37.3. The minimum absolute atomic E-state index is 0. The topological polar surface area (TPSA) is 161 Å². The van der Waals surface area contributed by atoms with Gasteiger partial charge in [0.1, 0.15) is 19.3 Å². The normalized spacial score (nSPS) is 19.8. The number of hydrogen-bond acceptors (Lipinski definition) is 9. The van der Waals surface area contributed by atoms with E-state index in [1.807, 2.05) is 19.9 Å². The lowest BCUT2D eigenvalue weighted by molar-refractivity contribution is -0.141. The van der Waals surface area contributed by atoms with E-state index >= 15 is 0 Å². The van der Waals surface area contributed by atoms with Gasteiger partial charge in [-0.15, -0.1) is 6.58 Å². The summed E-state index contributed by atoms with van der Waals surface area (Å²) in [6, 6.07) is -0.400. The van der Waals surface area contributed by atoms with Crippen molar-refractivity contribution in [3.63, 3.8) is 0 Å². The summed E-state index contributed by atoms with van der Waals surface area (Å²) in [7, 11) is 0. The van der Waals surface area contributed by atoms with Crippen LogP contribution in [0.4, 0.5) is 9.59 Å². The van der Waals surface area contributed by atoms with Gasteiger partial charge < -0.3 is 30.0 Å². The smallest absolute Gasteiger partial charge is 0.416 e. The summed E-state index contributed by atoms with van der Waals surface area (Å²) >= 11 is 0. The van der Waals surface area contributed by atoms with E-state index in [1.54, 1.807) is 0 Å². The molecule has 3 rings (SSSR count). The van der Waals surface area contributed by atoms with E-state index in [4.69, 9.17) is 9.47 Å². The minimum Gasteiger partial charge on any atom is -0.464 e. The quantitative estimate of drug-likeness (QED) is 0.0468. The predicted octanol–water partition coefficient (Wildman–Crippen LogP) is 7.60. The summed E-state index contributed by atoms with van der Waals surface area (Å²) in [5.74, 6) is -0.0164. The monoisotopic (exact) mass is 726 g/mol. The second-order valence-electron chi connectivity index (χ2n) is 14.2. The van der Waals surface area contributed by atoms with E-state index in [0.29, 0.717) is 45.0 Å². The zero-order valence-corrected chi connectivity index (χ0v) is 31.6. The highest BCUT2D eigenvalue weighted by Crippen LogP contribution is 2.21. The Bertz CT molecular complexity index is 1020. The van der Waals surface area contributed by atoms with E-state index < -0.39 is 18.2 Å². The van der Waals surface area contributed by atoms with Crippen molar-refractivity contribution in [2.24, 2.45) is 11.8 Å². The van der Waals surface area contributed by atoms with Gasteiger partial charge in [0, 0.05) is 12.8 Å². The third-order valence-electron chi connectivity index (χ3n) is 9.08. The third kappa shape index (κ3) is 21.1. The van der Waals surface area contributed by atoms with Gasteiger partial charge in [0.05, 0.1) is 31.2 Å². The van der Waals surface area contributed by atoms with Crippen molar-refractivity contribution in [1.82, 2.24) is 15.5 Å². The van der Waals surface area contributed by atoms with Crippen LogP contribution in [0.25, 0.3) is 0 Å². The van der Waals surface area contributed by atoms with Gasteiger partial charge in [-0.3, -0.25) is 9.59 Å². The fourth-order valence-electron chi connectivity index (χ4n) is 5.72. The maximum atomic E-state index is 12.1. The van der Waals surface area contributed by atoms with Crippen LogP contribution in [0.2, 0.25) is 0 Å². The Labute approximate surface area is 308 Å². The molecular formula is C39H71N3O9. The average Bonchev–Trinajstić information content (AvgIpc) is 3.80. The first-order valence-corrected chi connectivity index (χ1v) is 19.1. The SMILES string of the molecule is C.C=CCCCCCCCC(=O)N1C(=O)OC[C@@H]1C(C)C.CC(C)[C@H]1COC(=O)N1.CCCCCCCCCC(O)CC(=O)NC1CCOC1=O. The van der Waals surface area contributed by atoms with Gasteiger partial charge in [-0.25, -0.2) is 19.3 Å². The Morgan fingerprint density at radius 3 is 2.06 bits per heavy atom. The molecule has 0 radical (unpaired) electrons. The van der Waals surface area contributed by atoms with E-state index in [0.717, 1.165) is 38.5 Å². The number of allylic oxidation sites excluding steroid dienone is 1. The molecule has 0 aromatic carbocycles. The summed E-state index contributed by atoms with van der Waals surface area (Å²) in [5, 5.41) is 15.1. The molecule has 0 aromatic rings. The Morgan fingerprint density at radius 1 is 0.902 bits per heavy atom. The standard InChI is InChI=1S/C16H29NO4.C16H27NO3.C6H11NO2.CH4/c1-2-3-4-5-6-7-8-9-13(18)12-15(19)17-14-10-11-21-16(14)20;1-4-5-6-7-8-9-10-11-15(18)17-14(13(2)3)12-20-16(17)19;1-4(2)5-3-9-6(8)7-5;/h13-14,18H,2-12H2,1H3,(H,17,19);4,13-14H,1,5-12H2,2-3H3;4-5H,3H2,1-2H3,(H,7,8);1H4/t;14-;5-;/m.11./s1. The molecule has 4 atom stereocenters. The molecule has 3 aliphatic rings. The van der Waals surface area contributed by atoms with Crippen LogP contribution in [0.15, 0.2) is 12.7 Å². The number of nitrogens with zero attached hydrogens (tertiary/aromatic N) is 1. The van der Waals surface area contributed by atoms with Crippen molar-refractivity contribution in [3.8, 4) is 0 Å². The van der Waals surface area contributed by atoms with Crippen molar-refractivity contribution in [2.75, 3.05) is 19.8 Å². The number of imide groups is 1. The Hall–Kier alpha value is -3.15. The predicted molar refractivity (Wildman–Crippen MR) is 200 cm³/mol. The van der Waals surface area contributed by atoms with E-state index in [1.165, 1.54) is 49.8 Å². The number of nitrogens with one attached hydrogen (secondary N) is 2. The second-order valence-corrected chi connectivity index (χ2v) is 14.2. The van der Waals surface area contributed by atoms with Gasteiger partial charge in [0.15, 0.2) is 0 Å². The molecule has 296 valence electrons.